The van der Waals surface area contributed by atoms with Crippen molar-refractivity contribution in [3.05, 3.63) is 22.8 Å². The summed E-state index contributed by atoms with van der Waals surface area (Å²) < 4.78 is 6.76. The molecule has 1 atom stereocenters. The normalized spacial score (nSPS) is 23.2. The van der Waals surface area contributed by atoms with Crippen LogP contribution in [-0.4, -0.2) is 35.0 Å². The lowest BCUT2D eigenvalue weighted by Crippen LogP contribution is -2.34. The number of ether oxygens (including phenoxy) is 1. The van der Waals surface area contributed by atoms with Crippen LogP contribution in [0.15, 0.2) is 22.8 Å². The molecular formula is C15H19BrN2O2. The number of rotatable bonds is 3. The van der Waals surface area contributed by atoms with Crippen LogP contribution in [-0.2, 0) is 4.79 Å². The van der Waals surface area contributed by atoms with E-state index in [-0.39, 0.29) is 12.0 Å². The molecule has 1 amide bonds. The number of pyridine rings is 1. The Balaban J connectivity index is 1.57. The molecule has 0 spiro atoms. The van der Waals surface area contributed by atoms with Crippen LogP contribution in [0.2, 0.25) is 0 Å². The van der Waals surface area contributed by atoms with Gasteiger partial charge in [-0.25, -0.2) is 4.98 Å². The van der Waals surface area contributed by atoms with Crippen molar-refractivity contribution in [3.8, 4) is 5.88 Å². The summed E-state index contributed by atoms with van der Waals surface area (Å²) in [7, 11) is 0. The van der Waals surface area contributed by atoms with Crippen LogP contribution in [0, 0.1) is 5.92 Å². The van der Waals surface area contributed by atoms with Gasteiger partial charge in [0.15, 0.2) is 0 Å². The summed E-state index contributed by atoms with van der Waals surface area (Å²) in [5.74, 6) is 1.21. The molecule has 0 N–H and O–H groups in total. The first-order valence-corrected chi connectivity index (χ1v) is 8.09. The van der Waals surface area contributed by atoms with E-state index in [4.69, 9.17) is 4.74 Å². The molecule has 1 aromatic rings. The predicted octanol–water partition coefficient (Wildman–Crippen LogP) is 3.01. The van der Waals surface area contributed by atoms with Crippen molar-refractivity contribution >= 4 is 21.8 Å². The van der Waals surface area contributed by atoms with E-state index >= 15 is 0 Å². The third-order valence-corrected chi connectivity index (χ3v) is 4.77. The molecular weight excluding hydrogens is 320 g/mol. The van der Waals surface area contributed by atoms with Crippen LogP contribution in [0.3, 0.4) is 0 Å². The van der Waals surface area contributed by atoms with E-state index in [1.165, 1.54) is 12.8 Å². The minimum atomic E-state index is 0.0616. The zero-order valence-electron chi connectivity index (χ0n) is 11.4. The van der Waals surface area contributed by atoms with E-state index in [9.17, 15) is 4.79 Å². The van der Waals surface area contributed by atoms with E-state index in [0.29, 0.717) is 18.3 Å². The monoisotopic (exact) mass is 338 g/mol. The lowest BCUT2D eigenvalue weighted by molar-refractivity contribution is -0.134. The summed E-state index contributed by atoms with van der Waals surface area (Å²) >= 11 is 3.43. The maximum absolute atomic E-state index is 12.4. The highest BCUT2D eigenvalue weighted by Gasteiger charge is 2.33. The molecule has 0 bridgehead atoms. The predicted molar refractivity (Wildman–Crippen MR) is 79.5 cm³/mol. The Hall–Kier alpha value is -1.10. The molecule has 5 heteroatoms. The van der Waals surface area contributed by atoms with Gasteiger partial charge in [-0.2, -0.15) is 0 Å². The fourth-order valence-electron chi connectivity index (χ4n) is 3.07. The smallest absolute Gasteiger partial charge is 0.228 e. The van der Waals surface area contributed by atoms with E-state index < -0.39 is 0 Å². The zero-order valence-corrected chi connectivity index (χ0v) is 13.0. The zero-order chi connectivity index (χ0) is 13.9. The number of carbonyl (C=O) groups excluding carboxylic acids is 1. The van der Waals surface area contributed by atoms with Crippen molar-refractivity contribution in [1.29, 1.82) is 0 Å². The Bertz CT molecular complexity index is 489. The van der Waals surface area contributed by atoms with Crippen molar-refractivity contribution in [2.75, 3.05) is 13.1 Å². The number of hydrogen-bond donors (Lipinski definition) is 0. The Labute approximate surface area is 127 Å². The lowest BCUT2D eigenvalue weighted by Gasteiger charge is -2.20. The first-order chi connectivity index (χ1) is 9.74. The summed E-state index contributed by atoms with van der Waals surface area (Å²) in [6.07, 6.45) is 7.19. The van der Waals surface area contributed by atoms with Gasteiger partial charge in [0.2, 0.25) is 11.8 Å². The molecule has 2 aliphatic rings. The Morgan fingerprint density at radius 1 is 1.35 bits per heavy atom. The van der Waals surface area contributed by atoms with Crippen molar-refractivity contribution in [3.63, 3.8) is 0 Å². The Morgan fingerprint density at radius 3 is 2.90 bits per heavy atom. The van der Waals surface area contributed by atoms with Crippen LogP contribution >= 0.6 is 15.9 Å². The minimum absolute atomic E-state index is 0.0616. The number of halogens is 1. The van der Waals surface area contributed by atoms with Gasteiger partial charge < -0.3 is 9.64 Å². The van der Waals surface area contributed by atoms with E-state index in [2.05, 4.69) is 20.9 Å². The molecule has 2 fully saturated rings. The van der Waals surface area contributed by atoms with Crippen molar-refractivity contribution in [2.45, 2.75) is 38.2 Å². The highest BCUT2D eigenvalue weighted by molar-refractivity contribution is 9.10. The Kier molecular flexibility index (Phi) is 4.24. The molecule has 20 heavy (non-hydrogen) atoms. The van der Waals surface area contributed by atoms with Crippen LogP contribution in [0.4, 0.5) is 0 Å². The molecule has 1 saturated carbocycles. The second-order valence-corrected chi connectivity index (χ2v) is 6.44. The van der Waals surface area contributed by atoms with Crippen molar-refractivity contribution < 1.29 is 9.53 Å². The highest BCUT2D eigenvalue weighted by Crippen LogP contribution is 2.29. The number of hydrogen-bond acceptors (Lipinski definition) is 3. The molecule has 1 aliphatic heterocycles. The van der Waals surface area contributed by atoms with Gasteiger partial charge in [-0.15, -0.1) is 0 Å². The van der Waals surface area contributed by atoms with Gasteiger partial charge in [0.1, 0.15) is 6.10 Å². The third kappa shape index (κ3) is 2.97. The lowest BCUT2D eigenvalue weighted by atomic mass is 10.1. The molecule has 3 rings (SSSR count). The summed E-state index contributed by atoms with van der Waals surface area (Å²) in [6.45, 7) is 1.50. The molecule has 108 valence electrons. The standard InChI is InChI=1S/C15H19BrN2O2/c16-13-6-3-8-17-14(13)20-12-7-9-18(10-12)15(19)11-4-1-2-5-11/h3,6,8,11-12H,1-2,4-5,7,9-10H2/t12-/m0/s1. The van der Waals surface area contributed by atoms with Gasteiger partial charge in [0.25, 0.3) is 0 Å². The molecule has 0 aromatic carbocycles. The van der Waals surface area contributed by atoms with Crippen LogP contribution < -0.4 is 4.74 Å². The molecule has 1 aliphatic carbocycles. The number of likely N-dealkylation sites (tertiary alicyclic amines) is 1. The number of aromatic nitrogens is 1. The largest absolute Gasteiger partial charge is 0.472 e. The van der Waals surface area contributed by atoms with Crippen LogP contribution in [0.25, 0.3) is 0 Å². The maximum Gasteiger partial charge on any atom is 0.228 e. The molecule has 1 aromatic heterocycles. The molecule has 0 radical (unpaired) electrons. The SMILES string of the molecule is O=C(C1CCCC1)N1CC[C@H](Oc2ncccc2Br)C1. The summed E-state index contributed by atoms with van der Waals surface area (Å²) in [5.41, 5.74) is 0. The highest BCUT2D eigenvalue weighted by atomic mass is 79.9. The van der Waals surface area contributed by atoms with Crippen LogP contribution in [0.1, 0.15) is 32.1 Å². The van der Waals surface area contributed by atoms with E-state index in [1.54, 1.807) is 6.20 Å². The van der Waals surface area contributed by atoms with Gasteiger partial charge in [0.05, 0.1) is 11.0 Å². The molecule has 0 unspecified atom stereocenters. The van der Waals surface area contributed by atoms with Gasteiger partial charge in [-0.05, 0) is 40.9 Å². The number of carbonyl (C=O) groups is 1. The molecule has 2 heterocycles. The summed E-state index contributed by atoms with van der Waals surface area (Å²) in [6, 6.07) is 3.78. The van der Waals surface area contributed by atoms with Crippen LogP contribution in [0.5, 0.6) is 5.88 Å². The molecule has 1 saturated heterocycles. The van der Waals surface area contributed by atoms with Gasteiger partial charge >= 0.3 is 0 Å². The second-order valence-electron chi connectivity index (χ2n) is 5.58. The van der Waals surface area contributed by atoms with Gasteiger partial charge in [0, 0.05) is 25.1 Å². The first-order valence-electron chi connectivity index (χ1n) is 7.30. The number of nitrogens with zero attached hydrogens (tertiary/aromatic N) is 2. The fourth-order valence-corrected chi connectivity index (χ4v) is 3.42. The quantitative estimate of drug-likeness (QED) is 0.850. The molecule has 4 nitrogen and oxygen atoms in total. The third-order valence-electron chi connectivity index (χ3n) is 4.16. The second kappa shape index (κ2) is 6.12. The summed E-state index contributed by atoms with van der Waals surface area (Å²) in [5, 5.41) is 0. The Morgan fingerprint density at radius 2 is 2.15 bits per heavy atom. The first kappa shape index (κ1) is 13.9. The topological polar surface area (TPSA) is 42.4 Å². The van der Waals surface area contributed by atoms with Crippen molar-refractivity contribution in [1.82, 2.24) is 9.88 Å². The van der Waals surface area contributed by atoms with Crippen molar-refractivity contribution in [2.24, 2.45) is 5.92 Å². The van der Waals surface area contributed by atoms with E-state index in [1.807, 2.05) is 17.0 Å². The number of amides is 1. The van der Waals surface area contributed by atoms with Gasteiger partial charge in [-0.3, -0.25) is 4.79 Å². The summed E-state index contributed by atoms with van der Waals surface area (Å²) in [4.78, 5) is 18.5. The van der Waals surface area contributed by atoms with E-state index in [0.717, 1.165) is 30.3 Å². The van der Waals surface area contributed by atoms with Gasteiger partial charge in [-0.1, -0.05) is 12.8 Å². The fraction of sp³-hybridized carbons (Fsp3) is 0.600. The average molecular weight is 339 g/mol. The maximum atomic E-state index is 12.4. The minimum Gasteiger partial charge on any atom is -0.472 e. The average Bonchev–Trinajstić information content (AvgIpc) is 3.12.